The molecule has 2 N–H and O–H groups in total. The molecule has 0 aliphatic carbocycles. The summed E-state index contributed by atoms with van der Waals surface area (Å²) in [5.41, 5.74) is 7.30. The van der Waals surface area contributed by atoms with Crippen LogP contribution < -0.4 is 5.73 Å². The molecular formula is C11H8N6. The van der Waals surface area contributed by atoms with Gasteiger partial charge in [-0.1, -0.05) is 0 Å². The molecular weight excluding hydrogens is 216 g/mol. The van der Waals surface area contributed by atoms with Gasteiger partial charge in [-0.3, -0.25) is 4.98 Å². The second-order valence-corrected chi connectivity index (χ2v) is 3.37. The summed E-state index contributed by atoms with van der Waals surface area (Å²) in [5.74, 6) is 0. The van der Waals surface area contributed by atoms with Gasteiger partial charge in [-0.05, 0) is 12.1 Å². The van der Waals surface area contributed by atoms with Crippen LogP contribution in [0.5, 0.6) is 0 Å². The van der Waals surface area contributed by atoms with Crippen LogP contribution in [-0.4, -0.2) is 14.5 Å². The highest BCUT2D eigenvalue weighted by atomic mass is 15.1. The normalized spacial score (nSPS) is 9.53. The Labute approximate surface area is 97.6 Å². The van der Waals surface area contributed by atoms with E-state index in [4.69, 9.17) is 16.3 Å². The third kappa shape index (κ3) is 2.06. The molecule has 6 heteroatoms. The largest absolute Gasteiger partial charge is 0.399 e. The number of nitriles is 2. The zero-order valence-electron chi connectivity index (χ0n) is 8.83. The molecule has 0 spiro atoms. The van der Waals surface area contributed by atoms with Crippen molar-refractivity contribution in [1.29, 1.82) is 10.5 Å². The van der Waals surface area contributed by atoms with Gasteiger partial charge in [-0.2, -0.15) is 10.5 Å². The van der Waals surface area contributed by atoms with Crippen molar-refractivity contribution in [2.75, 3.05) is 5.73 Å². The van der Waals surface area contributed by atoms with Crippen LogP contribution >= 0.6 is 0 Å². The van der Waals surface area contributed by atoms with Gasteiger partial charge in [0.25, 0.3) is 0 Å². The molecule has 0 atom stereocenters. The van der Waals surface area contributed by atoms with E-state index in [2.05, 4.69) is 9.97 Å². The van der Waals surface area contributed by atoms with Gasteiger partial charge < -0.3 is 10.3 Å². The van der Waals surface area contributed by atoms with Crippen LogP contribution in [0.25, 0.3) is 0 Å². The number of rotatable bonds is 2. The van der Waals surface area contributed by atoms with Crippen molar-refractivity contribution in [2.24, 2.45) is 0 Å². The predicted octanol–water partition coefficient (Wildman–Crippen LogP) is 0.652. The number of pyridine rings is 1. The first-order valence-electron chi connectivity index (χ1n) is 4.80. The fraction of sp³-hybridized carbons (Fsp3) is 0.0909. The number of anilines is 1. The zero-order chi connectivity index (χ0) is 12.3. The number of hydrogen-bond acceptors (Lipinski definition) is 5. The Bertz CT molecular complexity index is 628. The molecule has 17 heavy (non-hydrogen) atoms. The summed E-state index contributed by atoms with van der Waals surface area (Å²) in [4.78, 5) is 7.97. The number of hydrogen-bond donors (Lipinski definition) is 1. The van der Waals surface area contributed by atoms with Crippen LogP contribution in [0.1, 0.15) is 17.1 Å². The maximum absolute atomic E-state index is 8.94. The quantitative estimate of drug-likeness (QED) is 0.806. The highest BCUT2D eigenvalue weighted by Crippen LogP contribution is 2.09. The van der Waals surface area contributed by atoms with Crippen LogP contribution in [0.3, 0.4) is 0 Å². The maximum atomic E-state index is 8.94. The lowest BCUT2D eigenvalue weighted by atomic mass is 10.3. The van der Waals surface area contributed by atoms with E-state index in [-0.39, 0.29) is 11.4 Å². The Morgan fingerprint density at radius 2 is 2.12 bits per heavy atom. The Morgan fingerprint density at radius 1 is 1.29 bits per heavy atom. The average molecular weight is 224 g/mol. The topological polar surface area (TPSA) is 104 Å². The summed E-state index contributed by atoms with van der Waals surface area (Å²) in [6.45, 7) is 0.364. The van der Waals surface area contributed by atoms with Crippen molar-refractivity contribution >= 4 is 5.69 Å². The Hall–Kier alpha value is -2.86. The lowest BCUT2D eigenvalue weighted by Crippen LogP contribution is -2.04. The van der Waals surface area contributed by atoms with Crippen molar-refractivity contribution in [1.82, 2.24) is 14.5 Å². The molecule has 2 aromatic heterocycles. The van der Waals surface area contributed by atoms with Crippen LogP contribution in [-0.2, 0) is 6.54 Å². The second kappa shape index (κ2) is 4.33. The number of imidazole rings is 1. The molecule has 2 heterocycles. The molecule has 0 aliphatic rings. The van der Waals surface area contributed by atoms with Crippen molar-refractivity contribution < 1.29 is 0 Å². The fourth-order valence-corrected chi connectivity index (χ4v) is 1.46. The minimum atomic E-state index is 0.122. The minimum Gasteiger partial charge on any atom is -0.399 e. The Morgan fingerprint density at radius 3 is 2.76 bits per heavy atom. The van der Waals surface area contributed by atoms with Gasteiger partial charge >= 0.3 is 0 Å². The molecule has 2 aromatic rings. The first kappa shape index (κ1) is 10.7. The van der Waals surface area contributed by atoms with Gasteiger partial charge in [0.2, 0.25) is 0 Å². The summed E-state index contributed by atoms with van der Waals surface area (Å²) < 4.78 is 1.57. The average Bonchev–Trinajstić information content (AvgIpc) is 2.71. The minimum absolute atomic E-state index is 0.122. The monoisotopic (exact) mass is 224 g/mol. The summed E-state index contributed by atoms with van der Waals surface area (Å²) in [7, 11) is 0. The van der Waals surface area contributed by atoms with Crippen molar-refractivity contribution in [3.63, 3.8) is 0 Å². The predicted molar refractivity (Wildman–Crippen MR) is 59.4 cm³/mol. The number of aromatic nitrogens is 3. The molecule has 0 aliphatic heterocycles. The van der Waals surface area contributed by atoms with E-state index in [0.717, 1.165) is 0 Å². The molecule has 0 fully saturated rings. The lowest BCUT2D eigenvalue weighted by Gasteiger charge is -2.03. The van der Waals surface area contributed by atoms with E-state index in [1.807, 2.05) is 12.1 Å². The van der Waals surface area contributed by atoms with Crippen LogP contribution in [0, 0.1) is 22.7 Å². The van der Waals surface area contributed by atoms with Crippen molar-refractivity contribution in [3.05, 3.63) is 41.7 Å². The molecule has 2 rings (SSSR count). The number of nitrogens with zero attached hydrogens (tertiary/aromatic N) is 5. The van der Waals surface area contributed by atoms with Gasteiger partial charge in [0.15, 0.2) is 11.4 Å². The summed E-state index contributed by atoms with van der Waals surface area (Å²) in [6, 6.07) is 7.21. The molecule has 6 nitrogen and oxygen atoms in total. The van der Waals surface area contributed by atoms with Crippen molar-refractivity contribution in [3.8, 4) is 12.1 Å². The molecule has 0 unspecified atom stereocenters. The van der Waals surface area contributed by atoms with E-state index in [1.54, 1.807) is 22.9 Å². The SMILES string of the molecule is N#Cc1ncn(Cc2cc(N)ccn2)c1C#N. The van der Waals surface area contributed by atoms with E-state index in [1.165, 1.54) is 6.33 Å². The standard InChI is InChI=1S/C11H8N6/c12-4-10-11(5-13)17(7-16-10)6-9-3-8(14)1-2-15-9/h1-3,7H,6H2,(H2,14,15). The highest BCUT2D eigenvalue weighted by Gasteiger charge is 2.10. The highest BCUT2D eigenvalue weighted by molar-refractivity contribution is 5.39. The molecule has 0 radical (unpaired) electrons. The van der Waals surface area contributed by atoms with E-state index in [0.29, 0.717) is 17.9 Å². The smallest absolute Gasteiger partial charge is 0.176 e. The number of nitrogens with two attached hydrogens (primary N) is 1. The Kier molecular flexibility index (Phi) is 2.71. The lowest BCUT2D eigenvalue weighted by molar-refractivity contribution is 0.763. The fourth-order valence-electron chi connectivity index (χ4n) is 1.46. The third-order valence-corrected chi connectivity index (χ3v) is 2.22. The van der Waals surface area contributed by atoms with Crippen molar-refractivity contribution in [2.45, 2.75) is 6.54 Å². The summed E-state index contributed by atoms with van der Waals surface area (Å²) in [5, 5.41) is 17.7. The first-order valence-corrected chi connectivity index (χ1v) is 4.80. The maximum Gasteiger partial charge on any atom is 0.176 e. The summed E-state index contributed by atoms with van der Waals surface area (Å²) >= 11 is 0. The van der Waals surface area contributed by atoms with E-state index in [9.17, 15) is 0 Å². The van der Waals surface area contributed by atoms with Crippen LogP contribution in [0.2, 0.25) is 0 Å². The zero-order valence-corrected chi connectivity index (χ0v) is 8.83. The molecule has 0 amide bonds. The van der Waals surface area contributed by atoms with Gasteiger partial charge in [-0.25, -0.2) is 4.98 Å². The van der Waals surface area contributed by atoms with E-state index < -0.39 is 0 Å². The number of nitrogen functional groups attached to an aromatic ring is 1. The third-order valence-electron chi connectivity index (χ3n) is 2.22. The first-order chi connectivity index (χ1) is 8.24. The molecule has 0 aromatic carbocycles. The molecule has 82 valence electrons. The van der Waals surface area contributed by atoms with Gasteiger partial charge in [-0.15, -0.1) is 0 Å². The van der Waals surface area contributed by atoms with Gasteiger partial charge in [0.1, 0.15) is 12.1 Å². The van der Waals surface area contributed by atoms with Crippen LogP contribution in [0.15, 0.2) is 24.7 Å². The molecule has 0 saturated carbocycles. The second-order valence-electron chi connectivity index (χ2n) is 3.37. The Balaban J connectivity index is 2.35. The van der Waals surface area contributed by atoms with Gasteiger partial charge in [0, 0.05) is 11.9 Å². The molecule has 0 bridgehead atoms. The van der Waals surface area contributed by atoms with E-state index >= 15 is 0 Å². The summed E-state index contributed by atoms with van der Waals surface area (Å²) in [6.07, 6.45) is 3.04. The molecule has 0 saturated heterocycles. The van der Waals surface area contributed by atoms with Gasteiger partial charge in [0.05, 0.1) is 18.6 Å². The van der Waals surface area contributed by atoms with Crippen LogP contribution in [0.4, 0.5) is 5.69 Å².